The van der Waals surface area contributed by atoms with Crippen LogP contribution < -0.4 is 5.32 Å². The molecule has 4 aromatic rings. The van der Waals surface area contributed by atoms with Gasteiger partial charge >= 0.3 is 0 Å². The monoisotopic (exact) mass is 392 g/mol. The fourth-order valence-electron chi connectivity index (χ4n) is 3.65. The zero-order valence-electron chi connectivity index (χ0n) is 15.5. The number of H-pyrrole nitrogens is 1. The summed E-state index contributed by atoms with van der Waals surface area (Å²) in [5.41, 5.74) is 6.04. The lowest BCUT2D eigenvalue weighted by atomic mass is 10.0. The van der Waals surface area contributed by atoms with Gasteiger partial charge in [0.25, 0.3) is 0 Å². The highest BCUT2D eigenvalue weighted by atomic mass is 35.5. The molecule has 4 nitrogen and oxygen atoms in total. The van der Waals surface area contributed by atoms with E-state index in [9.17, 15) is 9.65 Å². The topological polar surface area (TPSA) is 64.5 Å². The molecule has 4 rings (SSSR count). The Morgan fingerprint density at radius 2 is 2.07 bits per heavy atom. The molecule has 0 unspecified atom stereocenters. The van der Waals surface area contributed by atoms with Crippen molar-refractivity contribution in [1.82, 2.24) is 9.97 Å². The summed E-state index contributed by atoms with van der Waals surface area (Å²) in [6.45, 7) is 4.65. The number of fused-ring (bicyclic) bond motifs is 2. The third-order valence-electron chi connectivity index (χ3n) is 5.06. The number of benzene rings is 2. The molecule has 2 N–H and O–H groups in total. The van der Waals surface area contributed by atoms with Gasteiger partial charge in [0.05, 0.1) is 27.3 Å². The first-order chi connectivity index (χ1) is 13.5. The molecule has 0 aliphatic carbocycles. The molecule has 0 fully saturated rings. The first-order valence-electron chi connectivity index (χ1n) is 8.98. The average Bonchev–Trinajstić information content (AvgIpc) is 3.02. The van der Waals surface area contributed by atoms with Gasteiger partial charge < -0.3 is 10.3 Å². The number of nitrogens with zero attached hydrogens (tertiary/aromatic N) is 2. The van der Waals surface area contributed by atoms with E-state index in [4.69, 9.17) is 11.6 Å². The molecule has 0 radical (unpaired) electrons. The van der Waals surface area contributed by atoms with Gasteiger partial charge in [-0.05, 0) is 55.7 Å². The number of aromatic nitrogens is 2. The highest BCUT2D eigenvalue weighted by Gasteiger charge is 2.14. The van der Waals surface area contributed by atoms with Crippen LogP contribution in [-0.2, 0) is 6.42 Å². The Bertz CT molecular complexity index is 1250. The second-order valence-electron chi connectivity index (χ2n) is 6.84. The SMILES string of the molecule is Cc1[nH]c2c(C)ccc(Cl)c2c1CCNc1c(C#N)cnc2ccc(F)cc12. The first-order valence-corrected chi connectivity index (χ1v) is 9.36. The lowest BCUT2D eigenvalue weighted by Crippen LogP contribution is -2.08. The zero-order chi connectivity index (χ0) is 19.8. The molecule has 28 heavy (non-hydrogen) atoms. The van der Waals surface area contributed by atoms with Gasteiger partial charge in [0.1, 0.15) is 11.9 Å². The fourth-order valence-corrected chi connectivity index (χ4v) is 3.92. The Morgan fingerprint density at radius 3 is 2.86 bits per heavy atom. The minimum atomic E-state index is -0.359. The van der Waals surface area contributed by atoms with Crippen molar-refractivity contribution in [2.45, 2.75) is 20.3 Å². The number of aryl methyl sites for hydroxylation is 2. The largest absolute Gasteiger partial charge is 0.383 e. The van der Waals surface area contributed by atoms with Crippen LogP contribution in [0.2, 0.25) is 5.02 Å². The first kappa shape index (κ1) is 18.3. The van der Waals surface area contributed by atoms with Crippen LogP contribution in [0.15, 0.2) is 36.5 Å². The third-order valence-corrected chi connectivity index (χ3v) is 5.37. The number of aromatic amines is 1. The van der Waals surface area contributed by atoms with Gasteiger partial charge in [-0.3, -0.25) is 4.98 Å². The molecule has 0 bridgehead atoms. The number of nitrogens with one attached hydrogen (secondary N) is 2. The highest BCUT2D eigenvalue weighted by molar-refractivity contribution is 6.35. The van der Waals surface area contributed by atoms with Gasteiger partial charge in [-0.1, -0.05) is 17.7 Å². The molecular weight excluding hydrogens is 375 g/mol. The molecule has 0 atom stereocenters. The number of pyridine rings is 1. The summed E-state index contributed by atoms with van der Waals surface area (Å²) in [7, 11) is 0. The lowest BCUT2D eigenvalue weighted by Gasteiger charge is -2.12. The van der Waals surface area contributed by atoms with E-state index in [-0.39, 0.29) is 5.82 Å². The van der Waals surface area contributed by atoms with E-state index >= 15 is 0 Å². The summed E-state index contributed by atoms with van der Waals surface area (Å²) >= 11 is 6.45. The molecule has 0 saturated heterocycles. The minimum Gasteiger partial charge on any atom is -0.383 e. The van der Waals surface area contributed by atoms with E-state index in [0.29, 0.717) is 40.1 Å². The molecule has 2 heterocycles. The summed E-state index contributed by atoms with van der Waals surface area (Å²) in [5.74, 6) is -0.359. The average molecular weight is 393 g/mol. The summed E-state index contributed by atoms with van der Waals surface area (Å²) in [6, 6.07) is 10.4. The molecule has 0 saturated carbocycles. The predicted octanol–water partition coefficient (Wildman–Crippen LogP) is 5.65. The number of rotatable bonds is 4. The maximum absolute atomic E-state index is 13.8. The Morgan fingerprint density at radius 1 is 1.25 bits per heavy atom. The molecule has 0 amide bonds. The summed E-state index contributed by atoms with van der Waals surface area (Å²) in [6.07, 6.45) is 2.22. The third kappa shape index (κ3) is 3.06. The predicted molar refractivity (Wildman–Crippen MR) is 111 cm³/mol. The van der Waals surface area contributed by atoms with E-state index in [1.165, 1.54) is 18.3 Å². The molecule has 2 aromatic heterocycles. The summed E-state index contributed by atoms with van der Waals surface area (Å²) in [4.78, 5) is 7.66. The van der Waals surface area contributed by atoms with Gasteiger partial charge in [0.2, 0.25) is 0 Å². The van der Waals surface area contributed by atoms with Gasteiger partial charge in [0, 0.05) is 29.2 Å². The smallest absolute Gasteiger partial charge is 0.124 e. The number of anilines is 1. The maximum Gasteiger partial charge on any atom is 0.124 e. The van der Waals surface area contributed by atoms with E-state index in [0.717, 1.165) is 27.7 Å². The van der Waals surface area contributed by atoms with Crippen molar-refractivity contribution < 1.29 is 4.39 Å². The van der Waals surface area contributed by atoms with Crippen molar-refractivity contribution in [3.63, 3.8) is 0 Å². The van der Waals surface area contributed by atoms with Crippen LogP contribution in [-0.4, -0.2) is 16.5 Å². The van der Waals surface area contributed by atoms with Gasteiger partial charge in [-0.25, -0.2) is 4.39 Å². The molecule has 2 aromatic carbocycles. The van der Waals surface area contributed by atoms with E-state index in [1.54, 1.807) is 6.07 Å². The number of hydrogen-bond acceptors (Lipinski definition) is 3. The van der Waals surface area contributed by atoms with Crippen LogP contribution in [0.1, 0.15) is 22.4 Å². The second-order valence-corrected chi connectivity index (χ2v) is 7.25. The Hall–Kier alpha value is -3.10. The lowest BCUT2D eigenvalue weighted by molar-refractivity contribution is 0.629. The standard InChI is InChI=1S/C22H18ClFN4/c1-12-3-5-18(23)20-16(13(2)28-21(12)20)7-8-26-22-14(10-25)11-27-19-6-4-15(24)9-17(19)22/h3-6,9,11,28H,7-8H2,1-2H3,(H,26,27). The summed E-state index contributed by atoms with van der Waals surface area (Å²) in [5, 5.41) is 15.1. The van der Waals surface area contributed by atoms with Crippen molar-refractivity contribution in [3.8, 4) is 6.07 Å². The Kier molecular flexibility index (Phi) is 4.66. The number of halogens is 2. The van der Waals surface area contributed by atoms with Crippen LogP contribution in [0, 0.1) is 31.0 Å². The second kappa shape index (κ2) is 7.14. The van der Waals surface area contributed by atoms with Gasteiger partial charge in [-0.15, -0.1) is 0 Å². The molecule has 6 heteroatoms. The van der Waals surface area contributed by atoms with Crippen molar-refractivity contribution in [3.05, 3.63) is 69.8 Å². The number of hydrogen-bond donors (Lipinski definition) is 2. The zero-order valence-corrected chi connectivity index (χ0v) is 16.3. The molecule has 0 spiro atoms. The normalized spacial score (nSPS) is 11.1. The van der Waals surface area contributed by atoms with Crippen LogP contribution in [0.5, 0.6) is 0 Å². The van der Waals surface area contributed by atoms with Crippen molar-refractivity contribution >= 4 is 39.1 Å². The molecule has 0 aliphatic heterocycles. The quantitative estimate of drug-likeness (QED) is 0.471. The van der Waals surface area contributed by atoms with E-state index in [1.807, 2.05) is 26.0 Å². The fraction of sp³-hybridized carbons (Fsp3) is 0.182. The Labute approximate surface area is 167 Å². The van der Waals surface area contributed by atoms with Crippen molar-refractivity contribution in [2.24, 2.45) is 0 Å². The maximum atomic E-state index is 13.8. The van der Waals surface area contributed by atoms with Crippen molar-refractivity contribution in [1.29, 1.82) is 5.26 Å². The number of nitriles is 1. The van der Waals surface area contributed by atoms with Crippen LogP contribution in [0.25, 0.3) is 21.8 Å². The molecule has 0 aliphatic rings. The molecule has 140 valence electrons. The van der Waals surface area contributed by atoms with Gasteiger partial charge in [-0.2, -0.15) is 5.26 Å². The van der Waals surface area contributed by atoms with Crippen LogP contribution in [0.4, 0.5) is 10.1 Å². The van der Waals surface area contributed by atoms with Gasteiger partial charge in [0.15, 0.2) is 0 Å². The minimum absolute atomic E-state index is 0.359. The van der Waals surface area contributed by atoms with Crippen LogP contribution >= 0.6 is 11.6 Å². The Balaban J connectivity index is 1.68. The highest BCUT2D eigenvalue weighted by Crippen LogP contribution is 2.32. The van der Waals surface area contributed by atoms with Crippen molar-refractivity contribution in [2.75, 3.05) is 11.9 Å². The van der Waals surface area contributed by atoms with E-state index < -0.39 is 0 Å². The van der Waals surface area contributed by atoms with Crippen LogP contribution in [0.3, 0.4) is 0 Å². The van der Waals surface area contributed by atoms with E-state index in [2.05, 4.69) is 21.4 Å². The molecular formula is C22H18ClFN4. The summed E-state index contributed by atoms with van der Waals surface area (Å²) < 4.78 is 13.8.